The molecule has 0 radical (unpaired) electrons. The van der Waals surface area contributed by atoms with Crippen molar-refractivity contribution in [2.45, 2.75) is 38.2 Å². The molecule has 0 aliphatic carbocycles. The van der Waals surface area contributed by atoms with Crippen LogP contribution in [0.4, 0.5) is 8.78 Å². The highest BCUT2D eigenvalue weighted by Crippen LogP contribution is 2.21. The van der Waals surface area contributed by atoms with Crippen LogP contribution in [0.1, 0.15) is 18.4 Å². The van der Waals surface area contributed by atoms with Crippen molar-refractivity contribution in [2.75, 3.05) is 13.6 Å². The molecule has 1 saturated heterocycles. The molecule has 7 heteroatoms. The lowest BCUT2D eigenvalue weighted by molar-refractivity contribution is -0.141. The molecular weight excluding hydrogens is 294 g/mol. The van der Waals surface area contributed by atoms with E-state index in [9.17, 15) is 13.6 Å². The van der Waals surface area contributed by atoms with Gasteiger partial charge in [0, 0.05) is 20.1 Å². The second-order valence-corrected chi connectivity index (χ2v) is 5.28. The van der Waals surface area contributed by atoms with Crippen molar-refractivity contribution in [3.8, 4) is 5.75 Å². The summed E-state index contributed by atoms with van der Waals surface area (Å²) in [7, 11) is 1.69. The first-order valence-electron chi connectivity index (χ1n) is 7.14. The van der Waals surface area contributed by atoms with Gasteiger partial charge in [0.25, 0.3) is 5.91 Å². The van der Waals surface area contributed by atoms with Crippen LogP contribution in [0.15, 0.2) is 24.3 Å². The van der Waals surface area contributed by atoms with Crippen molar-refractivity contribution in [3.05, 3.63) is 29.8 Å². The first kappa shape index (κ1) is 16.6. The fourth-order valence-electron chi connectivity index (χ4n) is 2.43. The molecule has 0 aromatic heterocycles. The number of benzene rings is 1. The van der Waals surface area contributed by atoms with Crippen molar-refractivity contribution in [3.63, 3.8) is 0 Å². The Morgan fingerprint density at radius 1 is 1.41 bits per heavy atom. The number of hydrogen-bond donors (Lipinski definition) is 1. The van der Waals surface area contributed by atoms with Crippen molar-refractivity contribution < 1.29 is 23.0 Å². The molecule has 1 amide bonds. The lowest BCUT2D eigenvalue weighted by Gasteiger charge is -2.21. The molecule has 5 nitrogen and oxygen atoms in total. The standard InChI is InChI=1S/C15H20F2N2O3/c1-19(14(20)13-7-6-12(8-18)21-13)9-10-2-4-11(5-3-10)22-15(16)17/h2-5,12-13,15H,6-9,18H2,1H3/t12-,13+/m1/s1. The zero-order chi connectivity index (χ0) is 16.1. The summed E-state index contributed by atoms with van der Waals surface area (Å²) in [6, 6.07) is 6.21. The highest BCUT2D eigenvalue weighted by Gasteiger charge is 2.31. The Kier molecular flexibility index (Phi) is 5.68. The summed E-state index contributed by atoms with van der Waals surface area (Å²) in [5.41, 5.74) is 6.35. The van der Waals surface area contributed by atoms with Gasteiger partial charge in [0.15, 0.2) is 0 Å². The number of alkyl halides is 2. The number of carbonyl (C=O) groups excluding carboxylic acids is 1. The Labute approximate surface area is 128 Å². The Morgan fingerprint density at radius 2 is 2.09 bits per heavy atom. The second-order valence-electron chi connectivity index (χ2n) is 5.28. The van der Waals surface area contributed by atoms with Crippen LogP contribution in [-0.2, 0) is 16.1 Å². The van der Waals surface area contributed by atoms with Crippen molar-refractivity contribution >= 4 is 5.91 Å². The van der Waals surface area contributed by atoms with Gasteiger partial charge >= 0.3 is 6.61 Å². The van der Waals surface area contributed by atoms with Gasteiger partial charge in [0.05, 0.1) is 6.10 Å². The first-order chi connectivity index (χ1) is 10.5. The average molecular weight is 314 g/mol. The van der Waals surface area contributed by atoms with Crippen LogP contribution >= 0.6 is 0 Å². The summed E-state index contributed by atoms with van der Waals surface area (Å²) in [6.07, 6.45) is 0.972. The Balaban J connectivity index is 1.88. The minimum atomic E-state index is -2.84. The monoisotopic (exact) mass is 314 g/mol. The second kappa shape index (κ2) is 7.51. The first-order valence-corrected chi connectivity index (χ1v) is 7.14. The minimum absolute atomic E-state index is 0.0480. The van der Waals surface area contributed by atoms with Crippen LogP contribution in [0.25, 0.3) is 0 Å². The fourth-order valence-corrected chi connectivity index (χ4v) is 2.43. The zero-order valence-corrected chi connectivity index (χ0v) is 12.4. The topological polar surface area (TPSA) is 64.8 Å². The lowest BCUT2D eigenvalue weighted by Crippen LogP contribution is -2.36. The molecule has 1 fully saturated rings. The van der Waals surface area contributed by atoms with Crippen molar-refractivity contribution in [2.24, 2.45) is 5.73 Å². The Bertz CT molecular complexity index is 496. The number of carbonyl (C=O) groups is 1. The molecule has 2 N–H and O–H groups in total. The van der Waals surface area contributed by atoms with Crippen LogP contribution in [0.2, 0.25) is 0 Å². The summed E-state index contributed by atoms with van der Waals surface area (Å²) in [4.78, 5) is 13.8. The predicted octanol–water partition coefficient (Wildman–Crippen LogP) is 1.75. The number of hydrogen-bond acceptors (Lipinski definition) is 4. The summed E-state index contributed by atoms with van der Waals surface area (Å²) in [5.74, 6) is 0.00139. The molecular formula is C15H20F2N2O3. The smallest absolute Gasteiger partial charge is 0.387 e. The lowest BCUT2D eigenvalue weighted by atomic mass is 10.1. The third-order valence-electron chi connectivity index (χ3n) is 3.59. The van der Waals surface area contributed by atoms with Crippen LogP contribution in [-0.4, -0.2) is 43.2 Å². The Hall–Kier alpha value is -1.73. The van der Waals surface area contributed by atoms with Crippen LogP contribution in [0.5, 0.6) is 5.75 Å². The normalized spacial score (nSPS) is 21.1. The van der Waals surface area contributed by atoms with E-state index >= 15 is 0 Å². The molecule has 2 atom stereocenters. The number of nitrogens with zero attached hydrogens (tertiary/aromatic N) is 1. The van der Waals surface area contributed by atoms with Crippen molar-refractivity contribution in [1.82, 2.24) is 4.90 Å². The summed E-state index contributed by atoms with van der Waals surface area (Å²) in [5, 5.41) is 0. The van der Waals surface area contributed by atoms with Gasteiger partial charge in [0.2, 0.25) is 0 Å². The van der Waals surface area contributed by atoms with E-state index in [0.29, 0.717) is 19.5 Å². The van der Waals surface area contributed by atoms with Crippen LogP contribution < -0.4 is 10.5 Å². The van der Waals surface area contributed by atoms with E-state index in [1.54, 1.807) is 24.1 Å². The Morgan fingerprint density at radius 3 is 2.64 bits per heavy atom. The minimum Gasteiger partial charge on any atom is -0.435 e. The highest BCUT2D eigenvalue weighted by atomic mass is 19.3. The maximum atomic E-state index is 12.3. The van der Waals surface area contributed by atoms with E-state index in [-0.39, 0.29) is 17.8 Å². The number of halogens is 2. The van der Waals surface area contributed by atoms with Gasteiger partial charge in [-0.25, -0.2) is 0 Å². The van der Waals surface area contributed by atoms with Gasteiger partial charge in [-0.3, -0.25) is 4.79 Å². The maximum absolute atomic E-state index is 12.3. The van der Waals surface area contributed by atoms with Gasteiger partial charge < -0.3 is 20.1 Å². The SMILES string of the molecule is CN(Cc1ccc(OC(F)F)cc1)C(=O)[C@@H]1CC[C@H](CN)O1. The molecule has 122 valence electrons. The summed E-state index contributed by atoms with van der Waals surface area (Å²) < 4.78 is 34.0. The molecule has 0 saturated carbocycles. The summed E-state index contributed by atoms with van der Waals surface area (Å²) in [6.45, 7) is -2.05. The number of rotatable bonds is 6. The predicted molar refractivity (Wildman–Crippen MR) is 76.5 cm³/mol. The average Bonchev–Trinajstić information content (AvgIpc) is 2.97. The van der Waals surface area contributed by atoms with E-state index in [1.165, 1.54) is 12.1 Å². The molecule has 0 unspecified atom stereocenters. The quantitative estimate of drug-likeness (QED) is 0.869. The zero-order valence-electron chi connectivity index (χ0n) is 12.4. The van der Waals surface area contributed by atoms with Gasteiger partial charge in [-0.15, -0.1) is 0 Å². The number of amides is 1. The molecule has 1 heterocycles. The third kappa shape index (κ3) is 4.38. The van der Waals surface area contributed by atoms with E-state index in [1.807, 2.05) is 0 Å². The number of likely N-dealkylation sites (N-methyl/N-ethyl adjacent to an activating group) is 1. The van der Waals surface area contributed by atoms with Gasteiger partial charge in [0.1, 0.15) is 11.9 Å². The highest BCUT2D eigenvalue weighted by molar-refractivity contribution is 5.81. The van der Waals surface area contributed by atoms with E-state index in [2.05, 4.69) is 4.74 Å². The van der Waals surface area contributed by atoms with Gasteiger partial charge in [-0.2, -0.15) is 8.78 Å². The molecule has 0 spiro atoms. The molecule has 1 aliphatic rings. The summed E-state index contributed by atoms with van der Waals surface area (Å²) >= 11 is 0. The molecule has 1 aliphatic heterocycles. The number of ether oxygens (including phenoxy) is 2. The van der Waals surface area contributed by atoms with E-state index < -0.39 is 12.7 Å². The molecule has 1 aromatic rings. The fraction of sp³-hybridized carbons (Fsp3) is 0.533. The largest absolute Gasteiger partial charge is 0.435 e. The van der Waals surface area contributed by atoms with Crippen LogP contribution in [0, 0.1) is 0 Å². The molecule has 2 rings (SSSR count). The van der Waals surface area contributed by atoms with E-state index in [0.717, 1.165) is 12.0 Å². The molecule has 0 bridgehead atoms. The van der Waals surface area contributed by atoms with Gasteiger partial charge in [-0.05, 0) is 30.5 Å². The molecule has 1 aromatic carbocycles. The maximum Gasteiger partial charge on any atom is 0.387 e. The van der Waals surface area contributed by atoms with Crippen molar-refractivity contribution in [1.29, 1.82) is 0 Å². The van der Waals surface area contributed by atoms with Crippen LogP contribution in [0.3, 0.4) is 0 Å². The van der Waals surface area contributed by atoms with E-state index in [4.69, 9.17) is 10.5 Å². The van der Waals surface area contributed by atoms with Gasteiger partial charge in [-0.1, -0.05) is 12.1 Å². The number of nitrogens with two attached hydrogens (primary N) is 1. The third-order valence-corrected chi connectivity index (χ3v) is 3.59. The molecule has 22 heavy (non-hydrogen) atoms.